The lowest BCUT2D eigenvalue weighted by Gasteiger charge is -2.09. The average Bonchev–Trinajstić information content (AvgIpc) is 2.61. The maximum Gasteiger partial charge on any atom is 0.319 e. The second kappa shape index (κ2) is 9.12. The summed E-state index contributed by atoms with van der Waals surface area (Å²) < 4.78 is 5.42. The first-order chi connectivity index (χ1) is 12.1. The first-order valence-corrected chi connectivity index (χ1v) is 7.82. The number of ether oxygens (including phenoxy) is 1. The van der Waals surface area contributed by atoms with E-state index in [-0.39, 0.29) is 18.5 Å². The van der Waals surface area contributed by atoms with Crippen molar-refractivity contribution in [3.05, 3.63) is 66.7 Å². The lowest BCUT2D eigenvalue weighted by Crippen LogP contribution is -2.28. The molecule has 2 aromatic rings. The number of hydrogen-bond acceptors (Lipinski definition) is 3. The number of anilines is 2. The molecule has 2 aromatic carbocycles. The van der Waals surface area contributed by atoms with Gasteiger partial charge >= 0.3 is 6.03 Å². The number of benzene rings is 2. The first kappa shape index (κ1) is 18.1. The van der Waals surface area contributed by atoms with Gasteiger partial charge in [0.05, 0.1) is 0 Å². The summed E-state index contributed by atoms with van der Waals surface area (Å²) in [6.07, 6.45) is 1.59. The fraction of sp³-hybridized carbons (Fsp3) is 0.158. The predicted molar refractivity (Wildman–Crippen MR) is 99.0 cm³/mol. The number of rotatable bonds is 7. The van der Waals surface area contributed by atoms with Gasteiger partial charge in [-0.25, -0.2) is 4.79 Å². The van der Waals surface area contributed by atoms with Gasteiger partial charge in [0.25, 0.3) is 5.91 Å². The highest BCUT2D eigenvalue weighted by Gasteiger charge is 2.05. The van der Waals surface area contributed by atoms with E-state index in [1.807, 2.05) is 31.2 Å². The monoisotopic (exact) mass is 339 g/mol. The van der Waals surface area contributed by atoms with Crippen molar-refractivity contribution in [2.75, 3.05) is 23.8 Å². The Morgan fingerprint density at radius 2 is 1.60 bits per heavy atom. The molecule has 0 aliphatic carbocycles. The average molecular weight is 339 g/mol. The minimum atomic E-state index is -0.316. The Labute approximate surface area is 146 Å². The summed E-state index contributed by atoms with van der Waals surface area (Å²) in [6, 6.07) is 14.0. The molecular formula is C19H21N3O3. The molecule has 0 atom stereocenters. The predicted octanol–water partition coefficient (Wildman–Crippen LogP) is 3.32. The van der Waals surface area contributed by atoms with Crippen molar-refractivity contribution in [3.8, 4) is 5.75 Å². The van der Waals surface area contributed by atoms with Crippen LogP contribution in [0.15, 0.2) is 61.2 Å². The molecule has 0 spiro atoms. The standard InChI is InChI=1S/C19H21N3O3/c1-3-12-20-19(24)22-16-8-6-15(7-9-16)21-18(23)13-25-17-10-4-14(2)5-11-17/h3-11H,1,12-13H2,2H3,(H,21,23)(H2,20,22,24). The highest BCUT2D eigenvalue weighted by Crippen LogP contribution is 2.14. The van der Waals surface area contributed by atoms with Gasteiger partial charge in [-0.1, -0.05) is 23.8 Å². The Hall–Kier alpha value is -3.28. The molecular weight excluding hydrogens is 318 g/mol. The minimum Gasteiger partial charge on any atom is -0.484 e. The molecule has 2 rings (SSSR count). The zero-order valence-electron chi connectivity index (χ0n) is 14.0. The van der Waals surface area contributed by atoms with E-state index in [2.05, 4.69) is 22.5 Å². The van der Waals surface area contributed by atoms with Gasteiger partial charge in [0.1, 0.15) is 5.75 Å². The van der Waals surface area contributed by atoms with Crippen molar-refractivity contribution >= 4 is 23.3 Å². The fourth-order valence-corrected chi connectivity index (χ4v) is 1.96. The minimum absolute atomic E-state index is 0.0764. The lowest BCUT2D eigenvalue weighted by atomic mass is 10.2. The molecule has 0 saturated carbocycles. The van der Waals surface area contributed by atoms with E-state index in [1.165, 1.54) is 0 Å². The van der Waals surface area contributed by atoms with Crippen LogP contribution in [0.3, 0.4) is 0 Å². The summed E-state index contributed by atoms with van der Waals surface area (Å²) in [5, 5.41) is 8.02. The summed E-state index contributed by atoms with van der Waals surface area (Å²) in [6.45, 7) is 5.82. The maximum absolute atomic E-state index is 11.9. The lowest BCUT2D eigenvalue weighted by molar-refractivity contribution is -0.118. The molecule has 0 heterocycles. The SMILES string of the molecule is C=CCNC(=O)Nc1ccc(NC(=O)COc2ccc(C)cc2)cc1. The molecule has 0 aromatic heterocycles. The van der Waals surface area contributed by atoms with Gasteiger partial charge in [0.2, 0.25) is 0 Å². The van der Waals surface area contributed by atoms with Gasteiger partial charge in [-0.3, -0.25) is 4.79 Å². The molecule has 0 unspecified atom stereocenters. The summed E-state index contributed by atoms with van der Waals surface area (Å²) >= 11 is 0. The normalized spacial score (nSPS) is 9.80. The number of carbonyl (C=O) groups excluding carboxylic acids is 2. The van der Waals surface area contributed by atoms with Crippen LogP contribution in [0.1, 0.15) is 5.56 Å². The summed E-state index contributed by atoms with van der Waals surface area (Å²) in [5.74, 6) is 0.385. The van der Waals surface area contributed by atoms with Crippen LogP contribution in [-0.4, -0.2) is 25.1 Å². The molecule has 0 saturated heterocycles. The summed E-state index contributed by atoms with van der Waals surface area (Å²) in [7, 11) is 0. The molecule has 0 radical (unpaired) electrons. The van der Waals surface area contributed by atoms with E-state index >= 15 is 0 Å². The summed E-state index contributed by atoms with van der Waals surface area (Å²) in [5.41, 5.74) is 2.37. The number of nitrogens with one attached hydrogen (secondary N) is 3. The molecule has 130 valence electrons. The van der Waals surface area contributed by atoms with Crippen molar-refractivity contribution in [2.45, 2.75) is 6.92 Å². The van der Waals surface area contributed by atoms with Gasteiger partial charge in [-0.15, -0.1) is 6.58 Å². The van der Waals surface area contributed by atoms with Crippen LogP contribution < -0.4 is 20.7 Å². The molecule has 6 nitrogen and oxygen atoms in total. The number of aryl methyl sites for hydroxylation is 1. The van der Waals surface area contributed by atoms with Crippen molar-refractivity contribution in [1.82, 2.24) is 5.32 Å². The zero-order chi connectivity index (χ0) is 18.1. The van der Waals surface area contributed by atoms with Gasteiger partial charge in [-0.2, -0.15) is 0 Å². The number of carbonyl (C=O) groups is 2. The zero-order valence-corrected chi connectivity index (χ0v) is 14.0. The van der Waals surface area contributed by atoms with E-state index in [1.54, 1.807) is 30.3 Å². The number of urea groups is 1. The van der Waals surface area contributed by atoms with Crippen LogP contribution in [0, 0.1) is 6.92 Å². The van der Waals surface area contributed by atoms with Crippen molar-refractivity contribution in [2.24, 2.45) is 0 Å². The maximum atomic E-state index is 11.9. The topological polar surface area (TPSA) is 79.5 Å². The molecule has 3 amide bonds. The van der Waals surface area contributed by atoms with E-state index in [9.17, 15) is 9.59 Å². The first-order valence-electron chi connectivity index (χ1n) is 7.82. The van der Waals surface area contributed by atoms with Gasteiger partial charge in [-0.05, 0) is 43.3 Å². The highest BCUT2D eigenvalue weighted by molar-refractivity contribution is 5.93. The van der Waals surface area contributed by atoms with Crippen LogP contribution in [0.25, 0.3) is 0 Å². The van der Waals surface area contributed by atoms with Crippen LogP contribution in [0.2, 0.25) is 0 Å². The smallest absolute Gasteiger partial charge is 0.319 e. The Morgan fingerprint density at radius 3 is 2.20 bits per heavy atom. The Bertz CT molecular complexity index is 725. The summed E-state index contributed by atoms with van der Waals surface area (Å²) in [4.78, 5) is 23.4. The molecule has 25 heavy (non-hydrogen) atoms. The second-order valence-electron chi connectivity index (χ2n) is 5.35. The Balaban J connectivity index is 1.79. The molecule has 0 aliphatic heterocycles. The second-order valence-corrected chi connectivity index (χ2v) is 5.35. The third-order valence-electron chi connectivity index (χ3n) is 3.22. The number of amides is 3. The third-order valence-corrected chi connectivity index (χ3v) is 3.22. The van der Waals surface area contributed by atoms with E-state index in [0.717, 1.165) is 5.56 Å². The number of hydrogen-bond donors (Lipinski definition) is 3. The van der Waals surface area contributed by atoms with E-state index in [4.69, 9.17) is 4.74 Å². The largest absolute Gasteiger partial charge is 0.484 e. The van der Waals surface area contributed by atoms with Gasteiger partial charge in [0, 0.05) is 17.9 Å². The molecule has 0 bridgehead atoms. The van der Waals surface area contributed by atoms with E-state index < -0.39 is 0 Å². The van der Waals surface area contributed by atoms with Crippen LogP contribution in [0.4, 0.5) is 16.2 Å². The Kier molecular flexibility index (Phi) is 6.59. The highest BCUT2D eigenvalue weighted by atomic mass is 16.5. The van der Waals surface area contributed by atoms with Crippen LogP contribution in [0.5, 0.6) is 5.75 Å². The van der Waals surface area contributed by atoms with Crippen LogP contribution >= 0.6 is 0 Å². The third kappa shape index (κ3) is 6.39. The fourth-order valence-electron chi connectivity index (χ4n) is 1.96. The van der Waals surface area contributed by atoms with Gasteiger partial charge < -0.3 is 20.7 Å². The molecule has 3 N–H and O–H groups in total. The molecule has 0 fully saturated rings. The van der Waals surface area contributed by atoms with Crippen molar-refractivity contribution in [1.29, 1.82) is 0 Å². The molecule has 0 aliphatic rings. The van der Waals surface area contributed by atoms with Crippen molar-refractivity contribution in [3.63, 3.8) is 0 Å². The Morgan fingerprint density at radius 1 is 1.00 bits per heavy atom. The molecule has 6 heteroatoms. The quantitative estimate of drug-likeness (QED) is 0.677. The van der Waals surface area contributed by atoms with Crippen molar-refractivity contribution < 1.29 is 14.3 Å². The van der Waals surface area contributed by atoms with E-state index in [0.29, 0.717) is 23.7 Å². The van der Waals surface area contributed by atoms with Gasteiger partial charge in [0.15, 0.2) is 6.61 Å². The van der Waals surface area contributed by atoms with Crippen LogP contribution in [-0.2, 0) is 4.79 Å².